The molecule has 0 aliphatic rings. The summed E-state index contributed by atoms with van der Waals surface area (Å²) in [5.74, 6) is -8.24. The van der Waals surface area contributed by atoms with Crippen LogP contribution in [0.1, 0.15) is 27.7 Å². The number of carboxylic acid groups (broad SMARTS) is 8. The minimum atomic E-state index is -1.23. The molecule has 0 saturated carbocycles. The normalized spacial score (nSPS) is 8.49. The molecule has 0 aliphatic carbocycles. The third-order valence-electron chi connectivity index (χ3n) is 2.17. The predicted octanol–water partition coefficient (Wildman–Crippen LogP) is -1.55. The van der Waals surface area contributed by atoms with E-state index in [9.17, 15) is 19.2 Å². The molecular formula is C18H35N3O16. The first-order valence-electron chi connectivity index (χ1n) is 9.23. The van der Waals surface area contributed by atoms with E-state index in [1.165, 1.54) is 0 Å². The summed E-state index contributed by atoms with van der Waals surface area (Å²) in [6.45, 7) is 2.08. The summed E-state index contributed by atoms with van der Waals surface area (Å²) in [6.07, 6.45) is 0. The fourth-order valence-electron chi connectivity index (χ4n) is 1.48. The highest BCUT2D eigenvalue weighted by molar-refractivity contribution is 5.73. The van der Waals surface area contributed by atoms with Crippen LogP contribution in [0.25, 0.3) is 0 Å². The van der Waals surface area contributed by atoms with Crippen molar-refractivity contribution in [1.82, 2.24) is 16.0 Å². The third kappa shape index (κ3) is 100. The number of hydrogen-bond donors (Lipinski definition) is 9. The molecule has 0 atom stereocenters. The Morgan fingerprint density at radius 1 is 0.405 bits per heavy atom. The van der Waals surface area contributed by atoms with Crippen molar-refractivity contribution in [1.29, 1.82) is 0 Å². The van der Waals surface area contributed by atoms with E-state index >= 15 is 0 Å². The van der Waals surface area contributed by atoms with Gasteiger partial charge in [-0.25, -0.2) is 0 Å². The Balaban J connectivity index is -0.000000115. The standard InChI is InChI=1S/C10H16N2O8.4C2H4O2.H3N/c13-7(14)3-11(4-8(15)16)1-2-12(5-9(17)18)6-10(19)20;4*1-2(3)4;/h1-6H2,(H,13,14)(H,15,16)(H,17,18)(H,19,20);4*1H3,(H,3,4);1H3. The molecule has 0 aromatic heterocycles. The molecule has 0 amide bonds. The average Bonchev–Trinajstić information content (AvgIpc) is 2.55. The summed E-state index contributed by atoms with van der Waals surface area (Å²) in [4.78, 5) is 80.4. The molecule has 37 heavy (non-hydrogen) atoms. The molecule has 218 valence electrons. The zero-order valence-corrected chi connectivity index (χ0v) is 20.7. The van der Waals surface area contributed by atoms with Crippen molar-refractivity contribution in [3.8, 4) is 0 Å². The minimum Gasteiger partial charge on any atom is -0.481 e. The summed E-state index contributed by atoms with van der Waals surface area (Å²) in [5, 5.41) is 64.1. The summed E-state index contributed by atoms with van der Waals surface area (Å²) in [5.41, 5.74) is 0. The molecule has 0 rings (SSSR count). The molecule has 0 radical (unpaired) electrons. The number of carbonyl (C=O) groups is 8. The number of aliphatic carboxylic acids is 8. The Morgan fingerprint density at radius 3 is 0.595 bits per heavy atom. The van der Waals surface area contributed by atoms with Crippen LogP contribution in [0.4, 0.5) is 0 Å². The Bertz CT molecular complexity index is 594. The predicted molar refractivity (Wildman–Crippen MR) is 122 cm³/mol. The lowest BCUT2D eigenvalue weighted by Crippen LogP contribution is -2.43. The molecule has 0 heterocycles. The van der Waals surface area contributed by atoms with Crippen LogP contribution in [-0.4, -0.2) is 138 Å². The van der Waals surface area contributed by atoms with Crippen molar-refractivity contribution >= 4 is 47.8 Å². The van der Waals surface area contributed by atoms with Gasteiger partial charge in [0.1, 0.15) is 0 Å². The van der Waals surface area contributed by atoms with E-state index < -0.39 is 73.9 Å². The van der Waals surface area contributed by atoms with E-state index in [1.54, 1.807) is 0 Å². The van der Waals surface area contributed by atoms with Crippen molar-refractivity contribution < 1.29 is 79.2 Å². The summed E-state index contributed by atoms with van der Waals surface area (Å²) in [7, 11) is 0. The molecule has 0 aliphatic heterocycles. The molecule has 0 unspecified atom stereocenters. The fraction of sp³-hybridized carbons (Fsp3) is 0.556. The fourth-order valence-corrected chi connectivity index (χ4v) is 1.48. The van der Waals surface area contributed by atoms with Crippen LogP contribution in [0.2, 0.25) is 0 Å². The minimum absolute atomic E-state index is 0. The van der Waals surface area contributed by atoms with Crippen LogP contribution in [0.3, 0.4) is 0 Å². The van der Waals surface area contributed by atoms with E-state index in [1.807, 2.05) is 0 Å². The number of rotatable bonds is 11. The highest BCUT2D eigenvalue weighted by Gasteiger charge is 2.17. The second-order valence-electron chi connectivity index (χ2n) is 6.07. The monoisotopic (exact) mass is 549 g/mol. The average molecular weight is 549 g/mol. The molecule has 19 nitrogen and oxygen atoms in total. The van der Waals surface area contributed by atoms with Crippen LogP contribution in [0, 0.1) is 0 Å². The quantitative estimate of drug-likeness (QED) is 0.141. The molecule has 0 aromatic carbocycles. The van der Waals surface area contributed by atoms with E-state index in [0.29, 0.717) is 0 Å². The Labute approximate surface area is 210 Å². The molecule has 0 bridgehead atoms. The topological polar surface area (TPSA) is 340 Å². The maximum Gasteiger partial charge on any atom is 0.317 e. The lowest BCUT2D eigenvalue weighted by Gasteiger charge is -2.23. The maximum absolute atomic E-state index is 10.6. The van der Waals surface area contributed by atoms with E-state index in [2.05, 4.69) is 0 Å². The van der Waals surface area contributed by atoms with Gasteiger partial charge in [0.05, 0.1) is 26.2 Å². The smallest absolute Gasteiger partial charge is 0.317 e. The Morgan fingerprint density at radius 2 is 0.514 bits per heavy atom. The molecule has 19 heteroatoms. The van der Waals surface area contributed by atoms with Crippen molar-refractivity contribution in [3.63, 3.8) is 0 Å². The number of nitrogens with zero attached hydrogens (tertiary/aromatic N) is 2. The van der Waals surface area contributed by atoms with Gasteiger partial charge in [-0.3, -0.25) is 48.2 Å². The van der Waals surface area contributed by atoms with Gasteiger partial charge < -0.3 is 47.0 Å². The van der Waals surface area contributed by atoms with Gasteiger partial charge in [-0.05, 0) is 0 Å². The van der Waals surface area contributed by atoms with Crippen LogP contribution in [0.15, 0.2) is 0 Å². The van der Waals surface area contributed by atoms with Crippen LogP contribution >= 0.6 is 0 Å². The second kappa shape index (κ2) is 29.7. The molecule has 0 fully saturated rings. The van der Waals surface area contributed by atoms with Gasteiger partial charge in [0.2, 0.25) is 0 Å². The van der Waals surface area contributed by atoms with Gasteiger partial charge in [0, 0.05) is 40.8 Å². The lowest BCUT2D eigenvalue weighted by molar-refractivity contribution is -0.145. The van der Waals surface area contributed by atoms with Crippen molar-refractivity contribution in [2.45, 2.75) is 27.7 Å². The first-order chi connectivity index (χ1) is 16.1. The molecule has 0 spiro atoms. The zero-order valence-electron chi connectivity index (χ0n) is 20.7. The molecule has 0 aromatic rings. The van der Waals surface area contributed by atoms with Gasteiger partial charge in [0.15, 0.2) is 0 Å². The Hall–Kier alpha value is -4.36. The van der Waals surface area contributed by atoms with Crippen molar-refractivity contribution in [3.05, 3.63) is 0 Å². The highest BCUT2D eigenvalue weighted by Crippen LogP contribution is 1.94. The molecular weight excluding hydrogens is 514 g/mol. The second-order valence-corrected chi connectivity index (χ2v) is 6.07. The molecule has 0 saturated heterocycles. The van der Waals surface area contributed by atoms with Gasteiger partial charge in [0.25, 0.3) is 23.9 Å². The van der Waals surface area contributed by atoms with Gasteiger partial charge in [-0.2, -0.15) is 0 Å². The highest BCUT2D eigenvalue weighted by atomic mass is 16.4. The summed E-state index contributed by atoms with van der Waals surface area (Å²) >= 11 is 0. The largest absolute Gasteiger partial charge is 0.481 e. The van der Waals surface area contributed by atoms with Crippen molar-refractivity contribution in [2.24, 2.45) is 0 Å². The Kier molecular flexibility index (Phi) is 36.9. The van der Waals surface area contributed by atoms with E-state index in [0.717, 1.165) is 37.5 Å². The molecule has 11 N–H and O–H groups in total. The van der Waals surface area contributed by atoms with Crippen LogP contribution in [0.5, 0.6) is 0 Å². The van der Waals surface area contributed by atoms with Gasteiger partial charge >= 0.3 is 23.9 Å². The number of carboxylic acids is 8. The van der Waals surface area contributed by atoms with E-state index in [4.69, 9.17) is 60.0 Å². The van der Waals surface area contributed by atoms with Gasteiger partial charge in [-0.1, -0.05) is 0 Å². The SMILES string of the molecule is CC(=O)O.CC(=O)O.CC(=O)O.CC(=O)O.N.O=C(O)CN(CCN(CC(=O)O)CC(=O)O)CC(=O)O. The summed E-state index contributed by atoms with van der Waals surface area (Å²) in [6, 6.07) is 0. The lowest BCUT2D eigenvalue weighted by atomic mass is 10.4. The first-order valence-corrected chi connectivity index (χ1v) is 9.23. The summed E-state index contributed by atoms with van der Waals surface area (Å²) < 4.78 is 0. The third-order valence-corrected chi connectivity index (χ3v) is 2.17. The van der Waals surface area contributed by atoms with Crippen LogP contribution in [-0.2, 0) is 38.4 Å². The van der Waals surface area contributed by atoms with E-state index in [-0.39, 0.29) is 19.2 Å². The van der Waals surface area contributed by atoms with Crippen LogP contribution < -0.4 is 6.15 Å². The maximum atomic E-state index is 10.6. The first kappa shape index (κ1) is 46.0. The van der Waals surface area contributed by atoms with Gasteiger partial charge in [-0.15, -0.1) is 0 Å². The number of hydrogen-bond acceptors (Lipinski definition) is 11. The zero-order chi connectivity index (χ0) is 30.0. The van der Waals surface area contributed by atoms with Crippen molar-refractivity contribution in [2.75, 3.05) is 39.3 Å².